The Bertz CT molecular complexity index is 1020. The number of unbranched alkanes of at least 4 members (excludes halogenated alkanes) is 1. The number of nitrogens with one attached hydrogen (secondary N) is 2. The Balaban J connectivity index is 2.24. The molecule has 0 aliphatic heterocycles. The standard InChI is InChI=1S/C32H50N2O5Si/c1-30(2,3)38-28(35)33-23-17-16-18-25(34-29(36)39-31(4,5)6)24-37-40(32(7,8)9,26-19-12-10-13-20-26)27-21-14-11-15-22-27/h10-15,19-22,25H,16-18,23-24H2,1-9H3,(H,33,35)(H,34,36)/t25-/m0/s1. The van der Waals surface area contributed by atoms with Crippen molar-refractivity contribution in [2.75, 3.05) is 13.2 Å². The van der Waals surface area contributed by atoms with Gasteiger partial charge in [0, 0.05) is 6.54 Å². The molecule has 0 fully saturated rings. The highest BCUT2D eigenvalue weighted by Crippen LogP contribution is 2.37. The molecule has 0 aliphatic carbocycles. The van der Waals surface area contributed by atoms with Gasteiger partial charge in [-0.3, -0.25) is 0 Å². The van der Waals surface area contributed by atoms with Gasteiger partial charge in [0.05, 0.1) is 12.6 Å². The average Bonchev–Trinajstić information content (AvgIpc) is 2.82. The minimum absolute atomic E-state index is 0.177. The summed E-state index contributed by atoms with van der Waals surface area (Å²) in [5, 5.41) is 8.06. The summed E-state index contributed by atoms with van der Waals surface area (Å²) < 4.78 is 18.0. The lowest BCUT2D eigenvalue weighted by Crippen LogP contribution is -2.67. The molecule has 8 heteroatoms. The zero-order valence-electron chi connectivity index (χ0n) is 25.9. The molecule has 40 heavy (non-hydrogen) atoms. The van der Waals surface area contributed by atoms with E-state index in [1.54, 1.807) is 0 Å². The monoisotopic (exact) mass is 570 g/mol. The van der Waals surface area contributed by atoms with Crippen molar-refractivity contribution in [2.45, 2.75) is 104 Å². The van der Waals surface area contributed by atoms with E-state index in [9.17, 15) is 9.59 Å². The molecule has 0 unspecified atom stereocenters. The van der Waals surface area contributed by atoms with E-state index in [-0.39, 0.29) is 11.1 Å². The molecule has 7 nitrogen and oxygen atoms in total. The molecule has 1 atom stereocenters. The topological polar surface area (TPSA) is 85.9 Å². The highest BCUT2D eigenvalue weighted by atomic mass is 28.4. The van der Waals surface area contributed by atoms with Gasteiger partial charge in [-0.15, -0.1) is 0 Å². The highest BCUT2D eigenvalue weighted by Gasteiger charge is 2.50. The second-order valence-corrected chi connectivity index (χ2v) is 17.5. The number of ether oxygens (including phenoxy) is 2. The Labute approximate surface area is 242 Å². The molecular weight excluding hydrogens is 520 g/mol. The Morgan fingerprint density at radius 1 is 0.725 bits per heavy atom. The molecule has 0 saturated carbocycles. The molecule has 2 N–H and O–H groups in total. The number of rotatable bonds is 11. The largest absolute Gasteiger partial charge is 0.444 e. The van der Waals surface area contributed by atoms with Gasteiger partial charge in [-0.1, -0.05) is 81.4 Å². The van der Waals surface area contributed by atoms with Crippen LogP contribution in [0.25, 0.3) is 0 Å². The van der Waals surface area contributed by atoms with Crippen LogP contribution in [-0.4, -0.2) is 50.9 Å². The van der Waals surface area contributed by atoms with Crippen molar-refractivity contribution in [1.29, 1.82) is 0 Å². The molecule has 0 aliphatic rings. The summed E-state index contributed by atoms with van der Waals surface area (Å²) in [5.74, 6) is 0. The number of hydrogen-bond donors (Lipinski definition) is 2. The van der Waals surface area contributed by atoms with E-state index in [2.05, 4.69) is 79.9 Å². The first-order valence-corrected chi connectivity index (χ1v) is 16.2. The zero-order chi connectivity index (χ0) is 30.0. The van der Waals surface area contributed by atoms with Crippen LogP contribution < -0.4 is 21.0 Å². The van der Waals surface area contributed by atoms with Crippen molar-refractivity contribution in [2.24, 2.45) is 0 Å². The van der Waals surface area contributed by atoms with E-state index < -0.39 is 31.7 Å². The number of amides is 2. The number of benzene rings is 2. The number of carbonyl (C=O) groups is 2. The van der Waals surface area contributed by atoms with Crippen molar-refractivity contribution in [3.05, 3.63) is 60.7 Å². The van der Waals surface area contributed by atoms with Gasteiger partial charge in [0.25, 0.3) is 8.32 Å². The van der Waals surface area contributed by atoms with Crippen molar-refractivity contribution >= 4 is 30.9 Å². The first kappa shape index (κ1) is 33.4. The van der Waals surface area contributed by atoms with Crippen molar-refractivity contribution < 1.29 is 23.5 Å². The summed E-state index contributed by atoms with van der Waals surface area (Å²) >= 11 is 0. The van der Waals surface area contributed by atoms with E-state index in [1.807, 2.05) is 53.7 Å². The Morgan fingerprint density at radius 3 is 1.65 bits per heavy atom. The van der Waals surface area contributed by atoms with E-state index in [1.165, 1.54) is 10.4 Å². The summed E-state index contributed by atoms with van der Waals surface area (Å²) in [6.07, 6.45) is 1.31. The van der Waals surface area contributed by atoms with E-state index >= 15 is 0 Å². The van der Waals surface area contributed by atoms with Gasteiger partial charge in [-0.25, -0.2) is 9.59 Å². The predicted octanol–water partition coefficient (Wildman–Crippen LogP) is 6.15. The third-order valence-electron chi connectivity index (χ3n) is 6.29. The smallest absolute Gasteiger partial charge is 0.407 e. The molecule has 2 aromatic carbocycles. The lowest BCUT2D eigenvalue weighted by atomic mass is 10.1. The molecule has 0 saturated heterocycles. The minimum atomic E-state index is -2.77. The Morgan fingerprint density at radius 2 is 1.20 bits per heavy atom. The maximum atomic E-state index is 12.8. The molecule has 2 aromatic rings. The van der Waals surface area contributed by atoms with Gasteiger partial charge >= 0.3 is 12.2 Å². The molecule has 0 bridgehead atoms. The van der Waals surface area contributed by atoms with Crippen molar-refractivity contribution in [3.63, 3.8) is 0 Å². The van der Waals surface area contributed by atoms with Crippen LogP contribution >= 0.6 is 0 Å². The predicted molar refractivity (Wildman–Crippen MR) is 165 cm³/mol. The third kappa shape index (κ3) is 10.6. The molecule has 0 heterocycles. The van der Waals surface area contributed by atoms with E-state index in [0.29, 0.717) is 19.6 Å². The second-order valence-electron chi connectivity index (χ2n) is 13.2. The lowest BCUT2D eigenvalue weighted by molar-refractivity contribution is 0.0481. The maximum absolute atomic E-state index is 12.8. The fraction of sp³-hybridized carbons (Fsp3) is 0.562. The van der Waals surface area contributed by atoms with Gasteiger partial charge in [-0.2, -0.15) is 0 Å². The van der Waals surface area contributed by atoms with Crippen LogP contribution in [0, 0.1) is 0 Å². The van der Waals surface area contributed by atoms with Crippen molar-refractivity contribution in [1.82, 2.24) is 10.6 Å². The van der Waals surface area contributed by atoms with Crippen LogP contribution in [0.4, 0.5) is 9.59 Å². The van der Waals surface area contributed by atoms with Crippen LogP contribution in [-0.2, 0) is 13.9 Å². The Hall–Kier alpha value is -2.84. The summed E-state index contributed by atoms with van der Waals surface area (Å²) in [6, 6.07) is 20.6. The normalized spacial score (nSPS) is 13.3. The van der Waals surface area contributed by atoms with Gasteiger partial charge in [-0.05, 0) is 76.2 Å². The zero-order valence-corrected chi connectivity index (χ0v) is 26.9. The van der Waals surface area contributed by atoms with Gasteiger partial charge in [0.15, 0.2) is 0 Å². The first-order chi connectivity index (χ1) is 18.5. The maximum Gasteiger partial charge on any atom is 0.407 e. The fourth-order valence-electron chi connectivity index (χ4n) is 4.68. The van der Waals surface area contributed by atoms with Crippen LogP contribution in [0.5, 0.6) is 0 Å². The molecule has 2 rings (SSSR count). The van der Waals surface area contributed by atoms with Gasteiger partial charge in [0.2, 0.25) is 0 Å². The van der Waals surface area contributed by atoms with Crippen LogP contribution in [0.3, 0.4) is 0 Å². The van der Waals surface area contributed by atoms with Gasteiger partial charge < -0.3 is 24.5 Å². The SMILES string of the molecule is CC(C)(C)OC(=O)NCCCC[C@@H](CO[Si](c1ccccc1)(c1ccccc1)C(C)(C)C)NC(=O)OC(C)(C)C. The van der Waals surface area contributed by atoms with Crippen LogP contribution in [0.1, 0.15) is 81.6 Å². The second kappa shape index (κ2) is 14.2. The first-order valence-electron chi connectivity index (χ1n) is 14.2. The van der Waals surface area contributed by atoms with Crippen molar-refractivity contribution in [3.8, 4) is 0 Å². The molecule has 0 aromatic heterocycles. The Kier molecular flexibility index (Phi) is 11.8. The lowest BCUT2D eigenvalue weighted by Gasteiger charge is -2.43. The third-order valence-corrected chi connectivity index (χ3v) is 11.3. The molecule has 0 spiro atoms. The van der Waals surface area contributed by atoms with E-state index in [0.717, 1.165) is 12.8 Å². The quantitative estimate of drug-likeness (QED) is 0.250. The van der Waals surface area contributed by atoms with Gasteiger partial charge in [0.1, 0.15) is 11.2 Å². The molecule has 222 valence electrons. The fourth-order valence-corrected chi connectivity index (χ4v) is 9.29. The minimum Gasteiger partial charge on any atom is -0.444 e. The summed E-state index contributed by atoms with van der Waals surface area (Å²) in [4.78, 5) is 24.8. The summed E-state index contributed by atoms with van der Waals surface area (Å²) in [7, 11) is -2.77. The van der Waals surface area contributed by atoms with Crippen LogP contribution in [0.2, 0.25) is 5.04 Å². The molecular formula is C32H50N2O5Si. The number of alkyl carbamates (subject to hydrolysis) is 2. The van der Waals surface area contributed by atoms with Crippen LogP contribution in [0.15, 0.2) is 60.7 Å². The summed E-state index contributed by atoms with van der Waals surface area (Å²) in [6.45, 7) is 18.6. The number of hydrogen-bond acceptors (Lipinski definition) is 5. The highest BCUT2D eigenvalue weighted by molar-refractivity contribution is 6.99. The average molecular weight is 571 g/mol. The molecule has 0 radical (unpaired) electrons. The van der Waals surface area contributed by atoms with E-state index in [4.69, 9.17) is 13.9 Å². The number of carbonyl (C=O) groups excluding carboxylic acids is 2. The molecule has 2 amide bonds. The summed E-state index contributed by atoms with van der Waals surface area (Å²) in [5.41, 5.74) is -1.14.